The van der Waals surface area contributed by atoms with E-state index >= 15 is 0 Å². The zero-order valence-corrected chi connectivity index (χ0v) is 12.7. The highest BCUT2D eigenvalue weighted by atomic mass is 14.5. The Balaban J connectivity index is 1.92. The highest BCUT2D eigenvalue weighted by molar-refractivity contribution is 5.50. The molecule has 2 aliphatic rings. The highest BCUT2D eigenvalue weighted by Crippen LogP contribution is 2.57. The average molecular weight is 264 g/mol. The Morgan fingerprint density at radius 1 is 1.20 bits per heavy atom. The van der Waals surface area contributed by atoms with Crippen LogP contribution in [-0.4, -0.2) is 0 Å². The SMILES string of the molecule is C=C/C(=C\C=C(C)C)Cc1cccc2c1C1(CC2)CC1. The van der Waals surface area contributed by atoms with E-state index in [0.29, 0.717) is 5.41 Å². The minimum absolute atomic E-state index is 0.564. The molecule has 1 aromatic carbocycles. The lowest BCUT2D eigenvalue weighted by atomic mass is 9.90. The summed E-state index contributed by atoms with van der Waals surface area (Å²) >= 11 is 0. The molecule has 0 atom stereocenters. The van der Waals surface area contributed by atoms with Crippen LogP contribution in [0.2, 0.25) is 0 Å². The highest BCUT2D eigenvalue weighted by Gasteiger charge is 2.49. The van der Waals surface area contributed by atoms with E-state index < -0.39 is 0 Å². The van der Waals surface area contributed by atoms with E-state index in [1.807, 2.05) is 6.08 Å². The van der Waals surface area contributed by atoms with Crippen molar-refractivity contribution in [2.45, 2.75) is 51.4 Å². The van der Waals surface area contributed by atoms with Gasteiger partial charge in [-0.2, -0.15) is 0 Å². The fourth-order valence-electron chi connectivity index (χ4n) is 3.53. The summed E-state index contributed by atoms with van der Waals surface area (Å²) in [5.41, 5.74) is 8.04. The molecule has 104 valence electrons. The molecule has 20 heavy (non-hydrogen) atoms. The molecular weight excluding hydrogens is 240 g/mol. The number of benzene rings is 1. The van der Waals surface area contributed by atoms with Gasteiger partial charge in [0.15, 0.2) is 0 Å². The van der Waals surface area contributed by atoms with Crippen LogP contribution in [0.5, 0.6) is 0 Å². The quantitative estimate of drug-likeness (QED) is 0.649. The second-order valence-corrected chi connectivity index (χ2v) is 6.60. The first-order chi connectivity index (χ1) is 9.64. The van der Waals surface area contributed by atoms with Gasteiger partial charge < -0.3 is 0 Å². The molecule has 0 saturated heterocycles. The lowest BCUT2D eigenvalue weighted by Gasteiger charge is -2.15. The van der Waals surface area contributed by atoms with Gasteiger partial charge in [-0.05, 0) is 73.6 Å². The van der Waals surface area contributed by atoms with Gasteiger partial charge in [0.05, 0.1) is 0 Å². The van der Waals surface area contributed by atoms with E-state index in [0.717, 1.165) is 6.42 Å². The molecule has 0 heterocycles. The molecule has 0 nitrogen and oxygen atoms in total. The smallest absolute Gasteiger partial charge is 0.00229 e. The van der Waals surface area contributed by atoms with Gasteiger partial charge in [0.1, 0.15) is 0 Å². The maximum absolute atomic E-state index is 3.98. The molecule has 1 aromatic rings. The minimum atomic E-state index is 0.564. The summed E-state index contributed by atoms with van der Waals surface area (Å²) in [4.78, 5) is 0. The second-order valence-electron chi connectivity index (χ2n) is 6.60. The molecule has 0 bridgehead atoms. The van der Waals surface area contributed by atoms with Crippen molar-refractivity contribution in [3.05, 3.63) is 70.8 Å². The summed E-state index contributed by atoms with van der Waals surface area (Å²) in [6.07, 6.45) is 12.9. The first kappa shape index (κ1) is 13.4. The Kier molecular flexibility index (Phi) is 3.41. The van der Waals surface area contributed by atoms with Gasteiger partial charge in [0.25, 0.3) is 0 Å². The van der Waals surface area contributed by atoms with Crippen molar-refractivity contribution >= 4 is 0 Å². The Morgan fingerprint density at radius 2 is 2.00 bits per heavy atom. The Morgan fingerprint density at radius 3 is 2.65 bits per heavy atom. The number of fused-ring (bicyclic) bond motifs is 2. The molecule has 0 aromatic heterocycles. The number of rotatable bonds is 4. The van der Waals surface area contributed by atoms with Gasteiger partial charge >= 0.3 is 0 Å². The molecule has 0 aliphatic heterocycles. The third kappa shape index (κ3) is 2.40. The molecule has 0 radical (unpaired) electrons. The first-order valence-electron chi connectivity index (χ1n) is 7.72. The van der Waals surface area contributed by atoms with Crippen LogP contribution in [-0.2, 0) is 18.3 Å². The molecule has 0 N–H and O–H groups in total. The maximum Gasteiger partial charge on any atom is -0.00229 e. The van der Waals surface area contributed by atoms with Gasteiger partial charge in [-0.25, -0.2) is 0 Å². The Hall–Kier alpha value is -1.56. The lowest BCUT2D eigenvalue weighted by molar-refractivity contribution is 0.676. The number of allylic oxidation sites excluding steroid dienone is 5. The summed E-state index contributed by atoms with van der Waals surface area (Å²) in [7, 11) is 0. The van der Waals surface area contributed by atoms with Crippen molar-refractivity contribution < 1.29 is 0 Å². The van der Waals surface area contributed by atoms with Crippen LogP contribution in [0.25, 0.3) is 0 Å². The van der Waals surface area contributed by atoms with Crippen LogP contribution in [0.15, 0.2) is 54.2 Å². The van der Waals surface area contributed by atoms with E-state index in [-0.39, 0.29) is 0 Å². The van der Waals surface area contributed by atoms with Gasteiger partial charge in [-0.1, -0.05) is 48.6 Å². The van der Waals surface area contributed by atoms with E-state index in [4.69, 9.17) is 0 Å². The third-order valence-electron chi connectivity index (χ3n) is 4.78. The van der Waals surface area contributed by atoms with Gasteiger partial charge in [0, 0.05) is 0 Å². The van der Waals surface area contributed by atoms with Crippen LogP contribution < -0.4 is 0 Å². The Bertz CT molecular complexity index is 590. The number of hydrogen-bond donors (Lipinski definition) is 0. The molecule has 3 rings (SSSR count). The van der Waals surface area contributed by atoms with Crippen molar-refractivity contribution in [1.29, 1.82) is 0 Å². The van der Waals surface area contributed by atoms with Crippen LogP contribution in [0.4, 0.5) is 0 Å². The molecule has 0 heteroatoms. The molecular formula is C20H24. The summed E-state index contributed by atoms with van der Waals surface area (Å²) in [5.74, 6) is 0. The summed E-state index contributed by atoms with van der Waals surface area (Å²) in [6.45, 7) is 8.25. The largest absolute Gasteiger partial charge is 0.0988 e. The fraction of sp³-hybridized carbons (Fsp3) is 0.400. The third-order valence-corrected chi connectivity index (χ3v) is 4.78. The summed E-state index contributed by atoms with van der Waals surface area (Å²) in [6, 6.07) is 6.89. The molecule has 2 aliphatic carbocycles. The Labute approximate surface area is 122 Å². The van der Waals surface area contributed by atoms with Crippen molar-refractivity contribution in [2.75, 3.05) is 0 Å². The van der Waals surface area contributed by atoms with Crippen LogP contribution in [0.1, 0.15) is 49.8 Å². The monoisotopic (exact) mass is 264 g/mol. The van der Waals surface area contributed by atoms with Gasteiger partial charge in [-0.3, -0.25) is 0 Å². The van der Waals surface area contributed by atoms with Crippen LogP contribution in [0.3, 0.4) is 0 Å². The molecule has 0 amide bonds. The number of hydrogen-bond acceptors (Lipinski definition) is 0. The predicted molar refractivity (Wildman–Crippen MR) is 87.1 cm³/mol. The average Bonchev–Trinajstić information content (AvgIpc) is 3.11. The predicted octanol–water partition coefficient (Wildman–Crippen LogP) is 5.29. The number of aryl methyl sites for hydroxylation is 1. The normalized spacial score (nSPS) is 18.8. The van der Waals surface area contributed by atoms with Crippen molar-refractivity contribution in [3.8, 4) is 0 Å². The van der Waals surface area contributed by atoms with Crippen molar-refractivity contribution in [3.63, 3.8) is 0 Å². The zero-order chi connectivity index (χ0) is 14.2. The molecule has 1 fully saturated rings. The van der Waals surface area contributed by atoms with E-state index in [9.17, 15) is 0 Å². The van der Waals surface area contributed by atoms with Crippen molar-refractivity contribution in [1.82, 2.24) is 0 Å². The molecule has 1 saturated carbocycles. The topological polar surface area (TPSA) is 0 Å². The fourth-order valence-corrected chi connectivity index (χ4v) is 3.53. The molecule has 1 spiro atoms. The summed E-state index contributed by atoms with van der Waals surface area (Å²) in [5, 5.41) is 0. The van der Waals surface area contributed by atoms with E-state index in [1.54, 1.807) is 11.1 Å². The van der Waals surface area contributed by atoms with Gasteiger partial charge in [-0.15, -0.1) is 0 Å². The minimum Gasteiger partial charge on any atom is -0.0988 e. The van der Waals surface area contributed by atoms with Crippen LogP contribution >= 0.6 is 0 Å². The maximum atomic E-state index is 3.98. The lowest BCUT2D eigenvalue weighted by Crippen LogP contribution is -2.05. The first-order valence-corrected chi connectivity index (χ1v) is 7.72. The standard InChI is InChI=1S/C20H24/c1-4-16(9-8-15(2)3)14-18-7-5-6-17-10-11-20(12-13-20)19(17)18/h4-9H,1,10-14H2,2-3H3/b16-9+. The van der Waals surface area contributed by atoms with E-state index in [1.165, 1.54) is 42.4 Å². The van der Waals surface area contributed by atoms with E-state index in [2.05, 4.69) is 50.8 Å². The van der Waals surface area contributed by atoms with Crippen molar-refractivity contribution in [2.24, 2.45) is 0 Å². The zero-order valence-electron chi connectivity index (χ0n) is 12.7. The van der Waals surface area contributed by atoms with Gasteiger partial charge in [0.2, 0.25) is 0 Å². The summed E-state index contributed by atoms with van der Waals surface area (Å²) < 4.78 is 0. The second kappa shape index (κ2) is 5.09. The molecule has 0 unspecified atom stereocenters. The van der Waals surface area contributed by atoms with Crippen LogP contribution in [0, 0.1) is 0 Å².